The number of anilines is 2. The van der Waals surface area contributed by atoms with E-state index in [1.165, 1.54) is 4.90 Å². The smallest absolute Gasteiger partial charge is 0.377 e. The molecule has 2 aromatic carbocycles. The number of rotatable bonds is 4. The molecule has 0 spiro atoms. The van der Waals surface area contributed by atoms with Crippen LogP contribution in [0.3, 0.4) is 0 Å². The predicted octanol–water partition coefficient (Wildman–Crippen LogP) is 5.94. The fourth-order valence-electron chi connectivity index (χ4n) is 5.43. The minimum absolute atomic E-state index is 0.195. The molecule has 1 unspecified atom stereocenters. The molecule has 0 bridgehead atoms. The van der Waals surface area contributed by atoms with Gasteiger partial charge in [-0.3, -0.25) is 4.40 Å². The van der Waals surface area contributed by atoms with E-state index in [0.29, 0.717) is 22.9 Å². The van der Waals surface area contributed by atoms with Crippen molar-refractivity contribution in [2.45, 2.75) is 31.0 Å². The number of halogens is 4. The van der Waals surface area contributed by atoms with Gasteiger partial charge in [-0.15, -0.1) is 10.2 Å². The molecule has 4 aromatic rings. The van der Waals surface area contributed by atoms with Crippen LogP contribution in [0.5, 0.6) is 0 Å². The molecule has 1 aliphatic carbocycles. The number of nitrogens with zero attached hydrogens (tertiary/aromatic N) is 6. The standard InChI is InChI=1S/C28H26ClF3N6O/c1-27(18-5-8-20(9-6-18)37-12-13-39-16-24(37)28(30,31)32)11-3-4-21(15-27)36(2)25-22-10-7-19(29)14-23(22)38-17-33-35-26(38)34-25/h3-11,14,17,24H,12-13,15-16H2,1-2H3/t24-,27?/m1/s1. The Balaban J connectivity index is 1.29. The van der Waals surface area contributed by atoms with Gasteiger partial charge in [-0.2, -0.15) is 18.2 Å². The number of fused-ring (bicyclic) bond motifs is 3. The molecule has 0 amide bonds. The van der Waals surface area contributed by atoms with Gasteiger partial charge in [0.05, 0.1) is 18.7 Å². The summed E-state index contributed by atoms with van der Waals surface area (Å²) in [4.78, 5) is 8.21. The lowest BCUT2D eigenvalue weighted by molar-refractivity contribution is -0.167. The van der Waals surface area contributed by atoms with Gasteiger partial charge in [0, 0.05) is 47.2 Å². The van der Waals surface area contributed by atoms with Gasteiger partial charge in [0.1, 0.15) is 18.2 Å². The summed E-state index contributed by atoms with van der Waals surface area (Å²) in [6.45, 7) is 2.23. The van der Waals surface area contributed by atoms with Crippen molar-refractivity contribution in [1.29, 1.82) is 0 Å². The largest absolute Gasteiger partial charge is 0.411 e. The topological polar surface area (TPSA) is 58.8 Å². The maximum Gasteiger partial charge on any atom is 0.411 e. The van der Waals surface area contributed by atoms with Crippen molar-refractivity contribution in [3.05, 3.63) is 83.3 Å². The summed E-state index contributed by atoms with van der Waals surface area (Å²) < 4.78 is 47.7. The Kier molecular flexibility index (Phi) is 6.27. The summed E-state index contributed by atoms with van der Waals surface area (Å²) in [7, 11) is 1.97. The van der Waals surface area contributed by atoms with Gasteiger partial charge < -0.3 is 14.5 Å². The predicted molar refractivity (Wildman–Crippen MR) is 145 cm³/mol. The van der Waals surface area contributed by atoms with E-state index in [0.717, 1.165) is 28.0 Å². The highest BCUT2D eigenvalue weighted by Crippen LogP contribution is 2.40. The van der Waals surface area contributed by atoms with Crippen LogP contribution in [0.15, 0.2) is 72.7 Å². The molecule has 39 heavy (non-hydrogen) atoms. The maximum atomic E-state index is 13.6. The van der Waals surface area contributed by atoms with Crippen LogP contribution in [-0.4, -0.2) is 58.6 Å². The van der Waals surface area contributed by atoms with Gasteiger partial charge in [0.2, 0.25) is 0 Å². The first-order valence-electron chi connectivity index (χ1n) is 12.6. The third-order valence-electron chi connectivity index (χ3n) is 7.61. The maximum absolute atomic E-state index is 13.6. The Bertz CT molecular complexity index is 1600. The van der Waals surface area contributed by atoms with Gasteiger partial charge in [-0.05, 0) is 42.0 Å². The first kappa shape index (κ1) is 25.6. The molecule has 0 saturated carbocycles. The van der Waals surface area contributed by atoms with Crippen LogP contribution in [0.1, 0.15) is 18.9 Å². The Hall–Kier alpha value is -3.63. The van der Waals surface area contributed by atoms with Crippen molar-refractivity contribution in [2.24, 2.45) is 0 Å². The Morgan fingerprint density at radius 2 is 1.95 bits per heavy atom. The number of hydrogen-bond acceptors (Lipinski definition) is 6. The van der Waals surface area contributed by atoms with E-state index in [9.17, 15) is 13.2 Å². The van der Waals surface area contributed by atoms with Crippen LogP contribution < -0.4 is 9.80 Å². The monoisotopic (exact) mass is 554 g/mol. The van der Waals surface area contributed by atoms with Crippen LogP contribution in [0.25, 0.3) is 16.7 Å². The second-order valence-electron chi connectivity index (χ2n) is 10.1. The average Bonchev–Trinajstić information content (AvgIpc) is 3.41. The Labute approximate surface area is 228 Å². The van der Waals surface area contributed by atoms with Gasteiger partial charge in [0.15, 0.2) is 0 Å². The molecule has 1 aliphatic heterocycles. The molecular formula is C28H26ClF3N6O. The van der Waals surface area contributed by atoms with Crippen LogP contribution >= 0.6 is 11.6 Å². The van der Waals surface area contributed by atoms with E-state index >= 15 is 0 Å². The molecule has 202 valence electrons. The zero-order valence-corrected chi connectivity index (χ0v) is 22.1. The third kappa shape index (κ3) is 4.61. The van der Waals surface area contributed by atoms with Gasteiger partial charge in [0.25, 0.3) is 5.78 Å². The normalized spacial score (nSPS) is 21.9. The lowest BCUT2D eigenvalue weighted by Gasteiger charge is -2.39. The van der Waals surface area contributed by atoms with Crippen molar-refractivity contribution < 1.29 is 17.9 Å². The molecule has 2 aliphatic rings. The highest BCUT2D eigenvalue weighted by molar-refractivity contribution is 6.31. The zero-order valence-electron chi connectivity index (χ0n) is 21.4. The highest BCUT2D eigenvalue weighted by atomic mass is 35.5. The van der Waals surface area contributed by atoms with Crippen LogP contribution in [0.4, 0.5) is 24.7 Å². The highest BCUT2D eigenvalue weighted by Gasteiger charge is 2.45. The van der Waals surface area contributed by atoms with Crippen molar-refractivity contribution in [2.75, 3.05) is 36.6 Å². The van der Waals surface area contributed by atoms with E-state index in [1.807, 2.05) is 48.4 Å². The molecule has 11 heteroatoms. The number of hydrogen-bond donors (Lipinski definition) is 0. The number of aromatic nitrogens is 4. The van der Waals surface area contributed by atoms with Crippen molar-refractivity contribution >= 4 is 39.8 Å². The molecule has 0 N–H and O–H groups in total. The summed E-state index contributed by atoms with van der Waals surface area (Å²) in [6, 6.07) is 11.4. The van der Waals surface area contributed by atoms with Gasteiger partial charge in [-0.1, -0.05) is 42.8 Å². The van der Waals surface area contributed by atoms with Crippen LogP contribution in [-0.2, 0) is 10.2 Å². The zero-order chi connectivity index (χ0) is 27.4. The van der Waals surface area contributed by atoms with E-state index < -0.39 is 12.2 Å². The first-order chi connectivity index (χ1) is 18.6. The minimum atomic E-state index is -4.36. The molecule has 7 nitrogen and oxygen atoms in total. The third-order valence-corrected chi connectivity index (χ3v) is 7.85. The van der Waals surface area contributed by atoms with E-state index in [1.54, 1.807) is 22.9 Å². The first-order valence-corrected chi connectivity index (χ1v) is 12.9. The molecule has 3 heterocycles. The van der Waals surface area contributed by atoms with Gasteiger partial charge >= 0.3 is 6.18 Å². The van der Waals surface area contributed by atoms with Crippen molar-refractivity contribution in [1.82, 2.24) is 19.6 Å². The van der Waals surface area contributed by atoms with Crippen molar-refractivity contribution in [3.63, 3.8) is 0 Å². The number of ether oxygens (including phenoxy) is 1. The Morgan fingerprint density at radius 3 is 2.72 bits per heavy atom. The summed E-state index contributed by atoms with van der Waals surface area (Å²) in [5.41, 5.74) is 3.06. The summed E-state index contributed by atoms with van der Waals surface area (Å²) in [6.07, 6.45) is 4.10. The molecule has 2 atom stereocenters. The molecule has 6 rings (SSSR count). The Morgan fingerprint density at radius 1 is 1.15 bits per heavy atom. The molecular weight excluding hydrogens is 529 g/mol. The number of alkyl halides is 3. The van der Waals surface area contributed by atoms with Crippen molar-refractivity contribution in [3.8, 4) is 0 Å². The summed E-state index contributed by atoms with van der Waals surface area (Å²) in [5, 5.41) is 9.66. The quantitative estimate of drug-likeness (QED) is 0.311. The van der Waals surface area contributed by atoms with Crippen LogP contribution in [0, 0.1) is 0 Å². The second kappa shape index (κ2) is 9.53. The number of allylic oxidation sites excluding steroid dienone is 4. The summed E-state index contributed by atoms with van der Waals surface area (Å²) in [5.74, 6) is 1.20. The second-order valence-corrected chi connectivity index (χ2v) is 10.6. The molecule has 1 saturated heterocycles. The fraction of sp³-hybridized carbons (Fsp3) is 0.321. The van der Waals surface area contributed by atoms with Crippen LogP contribution in [0.2, 0.25) is 5.02 Å². The molecule has 2 aromatic heterocycles. The lowest BCUT2D eigenvalue weighted by Crippen LogP contribution is -2.53. The number of benzene rings is 2. The average molecular weight is 555 g/mol. The van der Waals surface area contributed by atoms with E-state index in [4.69, 9.17) is 21.3 Å². The fourth-order valence-corrected chi connectivity index (χ4v) is 5.59. The van der Waals surface area contributed by atoms with Gasteiger partial charge in [-0.25, -0.2) is 0 Å². The SMILES string of the molecule is CN(C1=CC=CC(C)(c2ccc(N3CCOC[C@@H]3C(F)(F)F)cc2)C1)c1nc2nncn2c2cc(Cl)ccc12. The molecule has 1 fully saturated rings. The molecule has 0 radical (unpaired) electrons. The van der Waals surface area contributed by atoms with E-state index in [2.05, 4.69) is 29.3 Å². The van der Waals surface area contributed by atoms with E-state index in [-0.39, 0.29) is 25.2 Å². The minimum Gasteiger partial charge on any atom is -0.377 e. The number of morpholine rings is 1. The lowest BCUT2D eigenvalue weighted by atomic mass is 9.76. The summed E-state index contributed by atoms with van der Waals surface area (Å²) >= 11 is 6.29.